The van der Waals surface area contributed by atoms with Crippen LogP contribution in [-0.4, -0.2) is 61.1 Å². The van der Waals surface area contributed by atoms with Crippen LogP contribution < -0.4 is 0 Å². The average Bonchev–Trinajstić information content (AvgIpc) is 2.62. The van der Waals surface area contributed by atoms with Crippen LogP contribution in [0.3, 0.4) is 0 Å². The third kappa shape index (κ3) is 3.87. The Morgan fingerprint density at radius 2 is 1.74 bits per heavy atom. The Balaban J connectivity index is 1.53. The van der Waals surface area contributed by atoms with Crippen molar-refractivity contribution >= 4 is 17.5 Å². The molecular formula is C18H25ClN2O2. The molecule has 0 saturated carbocycles. The number of likely N-dealkylation sites (tertiary alicyclic amines) is 2. The predicted octanol–water partition coefficient (Wildman–Crippen LogP) is 3.06. The first-order valence-corrected chi connectivity index (χ1v) is 8.87. The number of carbonyl (C=O) groups is 1. The molecule has 1 aromatic rings. The van der Waals surface area contributed by atoms with E-state index in [0.29, 0.717) is 22.7 Å². The molecule has 2 aliphatic heterocycles. The van der Waals surface area contributed by atoms with Crippen LogP contribution >= 0.6 is 11.6 Å². The van der Waals surface area contributed by atoms with Gasteiger partial charge in [-0.1, -0.05) is 23.7 Å². The molecule has 0 atom stereocenters. The number of halogens is 1. The minimum Gasteiger partial charge on any atom is -0.381 e. The van der Waals surface area contributed by atoms with Crippen molar-refractivity contribution in [2.75, 3.05) is 33.3 Å². The van der Waals surface area contributed by atoms with Crippen LogP contribution in [0, 0.1) is 0 Å². The first-order chi connectivity index (χ1) is 11.2. The zero-order chi connectivity index (χ0) is 16.2. The van der Waals surface area contributed by atoms with Crippen molar-refractivity contribution in [1.82, 2.24) is 9.80 Å². The summed E-state index contributed by atoms with van der Waals surface area (Å²) in [6.07, 6.45) is 4.76. The molecule has 23 heavy (non-hydrogen) atoms. The van der Waals surface area contributed by atoms with E-state index in [9.17, 15) is 4.79 Å². The summed E-state index contributed by atoms with van der Waals surface area (Å²) in [6.45, 7) is 3.86. The number of amides is 1. The molecule has 0 aromatic heterocycles. The maximum Gasteiger partial charge on any atom is 0.255 e. The monoisotopic (exact) mass is 336 g/mol. The molecule has 2 fully saturated rings. The average molecular weight is 337 g/mol. The van der Waals surface area contributed by atoms with Crippen LogP contribution in [0.5, 0.6) is 0 Å². The van der Waals surface area contributed by atoms with Crippen LogP contribution in [0.4, 0.5) is 0 Å². The maximum absolute atomic E-state index is 12.6. The fourth-order valence-corrected chi connectivity index (χ4v) is 3.93. The minimum atomic E-state index is 0.0622. The van der Waals surface area contributed by atoms with Crippen molar-refractivity contribution in [3.05, 3.63) is 34.9 Å². The van der Waals surface area contributed by atoms with Gasteiger partial charge in [0.05, 0.1) is 16.7 Å². The second-order valence-electron chi connectivity index (χ2n) is 6.47. The van der Waals surface area contributed by atoms with Crippen molar-refractivity contribution < 1.29 is 9.53 Å². The molecule has 2 saturated heterocycles. The Labute approximate surface area is 143 Å². The van der Waals surface area contributed by atoms with E-state index in [-0.39, 0.29) is 5.91 Å². The molecule has 1 aromatic carbocycles. The van der Waals surface area contributed by atoms with Gasteiger partial charge in [0, 0.05) is 39.3 Å². The van der Waals surface area contributed by atoms with Crippen molar-refractivity contribution in [2.45, 2.75) is 37.8 Å². The number of methoxy groups -OCH3 is 1. The van der Waals surface area contributed by atoms with E-state index in [1.54, 1.807) is 13.2 Å². The highest BCUT2D eigenvalue weighted by atomic mass is 35.5. The minimum absolute atomic E-state index is 0.0622. The fraction of sp³-hybridized carbons (Fsp3) is 0.611. The molecule has 126 valence electrons. The lowest BCUT2D eigenvalue weighted by Crippen LogP contribution is -2.49. The molecule has 0 radical (unpaired) electrons. The highest BCUT2D eigenvalue weighted by Crippen LogP contribution is 2.24. The standard InChI is InChI=1S/C18H25ClN2O2/c1-23-15-8-12-20(13-9-15)14-6-10-21(11-7-14)18(22)16-4-2-3-5-17(16)19/h2-5,14-15H,6-13H2,1H3. The highest BCUT2D eigenvalue weighted by Gasteiger charge is 2.30. The smallest absolute Gasteiger partial charge is 0.255 e. The van der Waals surface area contributed by atoms with Crippen LogP contribution in [0.1, 0.15) is 36.0 Å². The summed E-state index contributed by atoms with van der Waals surface area (Å²) in [4.78, 5) is 17.1. The van der Waals surface area contributed by atoms with Gasteiger partial charge < -0.3 is 14.5 Å². The molecule has 5 heteroatoms. The van der Waals surface area contributed by atoms with Crippen LogP contribution in [-0.2, 0) is 4.74 Å². The molecule has 3 rings (SSSR count). The van der Waals surface area contributed by atoms with Gasteiger partial charge in [-0.25, -0.2) is 0 Å². The number of benzene rings is 1. The molecule has 0 bridgehead atoms. The van der Waals surface area contributed by atoms with Crippen LogP contribution in [0.25, 0.3) is 0 Å². The van der Waals surface area contributed by atoms with E-state index in [2.05, 4.69) is 4.90 Å². The molecule has 0 unspecified atom stereocenters. The number of carbonyl (C=O) groups excluding carboxylic acids is 1. The van der Waals surface area contributed by atoms with E-state index < -0.39 is 0 Å². The second-order valence-corrected chi connectivity index (χ2v) is 6.88. The van der Waals surface area contributed by atoms with Gasteiger partial charge in [-0.05, 0) is 37.8 Å². The van der Waals surface area contributed by atoms with Gasteiger partial charge in [-0.3, -0.25) is 4.79 Å². The molecular weight excluding hydrogens is 312 g/mol. The summed E-state index contributed by atoms with van der Waals surface area (Å²) < 4.78 is 5.44. The van der Waals surface area contributed by atoms with E-state index in [0.717, 1.165) is 51.9 Å². The van der Waals surface area contributed by atoms with E-state index >= 15 is 0 Å². The number of hydrogen-bond acceptors (Lipinski definition) is 3. The number of hydrogen-bond donors (Lipinski definition) is 0. The van der Waals surface area contributed by atoms with E-state index in [1.807, 2.05) is 23.1 Å². The fourth-order valence-electron chi connectivity index (χ4n) is 3.72. The third-order valence-electron chi connectivity index (χ3n) is 5.18. The SMILES string of the molecule is COC1CCN(C2CCN(C(=O)c3ccccc3Cl)CC2)CC1. The molecule has 1 amide bonds. The summed E-state index contributed by atoms with van der Waals surface area (Å²) in [5.74, 6) is 0.0622. The summed E-state index contributed by atoms with van der Waals surface area (Å²) in [5.41, 5.74) is 0.619. The number of nitrogens with zero attached hydrogens (tertiary/aromatic N) is 2. The first kappa shape index (κ1) is 16.7. The Morgan fingerprint density at radius 1 is 1.09 bits per heavy atom. The molecule has 2 heterocycles. The molecule has 0 spiro atoms. The summed E-state index contributed by atoms with van der Waals surface area (Å²) >= 11 is 6.15. The number of rotatable bonds is 3. The molecule has 4 nitrogen and oxygen atoms in total. The van der Waals surface area contributed by atoms with E-state index in [4.69, 9.17) is 16.3 Å². The van der Waals surface area contributed by atoms with Gasteiger partial charge in [0.2, 0.25) is 0 Å². The molecule has 0 N–H and O–H groups in total. The summed E-state index contributed by atoms with van der Waals surface area (Å²) in [5, 5.41) is 0.543. The zero-order valence-corrected chi connectivity index (χ0v) is 14.5. The lowest BCUT2D eigenvalue weighted by molar-refractivity contribution is 0.0145. The topological polar surface area (TPSA) is 32.8 Å². The quantitative estimate of drug-likeness (QED) is 0.850. The van der Waals surface area contributed by atoms with Crippen molar-refractivity contribution in [2.24, 2.45) is 0 Å². The van der Waals surface area contributed by atoms with Crippen LogP contribution in [0.15, 0.2) is 24.3 Å². The van der Waals surface area contributed by atoms with Crippen molar-refractivity contribution in [1.29, 1.82) is 0 Å². The van der Waals surface area contributed by atoms with Gasteiger partial charge in [0.25, 0.3) is 5.91 Å². The predicted molar refractivity (Wildman–Crippen MR) is 92.0 cm³/mol. The largest absolute Gasteiger partial charge is 0.381 e. The summed E-state index contributed by atoms with van der Waals surface area (Å²) in [7, 11) is 1.80. The van der Waals surface area contributed by atoms with E-state index in [1.165, 1.54) is 0 Å². The zero-order valence-electron chi connectivity index (χ0n) is 13.7. The second kappa shape index (κ2) is 7.65. The Kier molecular flexibility index (Phi) is 5.57. The lowest BCUT2D eigenvalue weighted by atomic mass is 9.98. The van der Waals surface area contributed by atoms with Crippen LogP contribution in [0.2, 0.25) is 5.02 Å². The molecule has 0 aliphatic carbocycles. The maximum atomic E-state index is 12.6. The lowest BCUT2D eigenvalue weighted by Gasteiger charge is -2.41. The van der Waals surface area contributed by atoms with Crippen molar-refractivity contribution in [3.63, 3.8) is 0 Å². The Hall–Kier alpha value is -1.10. The van der Waals surface area contributed by atoms with Gasteiger partial charge in [0.15, 0.2) is 0 Å². The Morgan fingerprint density at radius 3 is 2.35 bits per heavy atom. The number of ether oxygens (including phenoxy) is 1. The van der Waals surface area contributed by atoms with Gasteiger partial charge in [0.1, 0.15) is 0 Å². The molecule has 2 aliphatic rings. The van der Waals surface area contributed by atoms with Gasteiger partial charge in [-0.2, -0.15) is 0 Å². The van der Waals surface area contributed by atoms with Gasteiger partial charge in [-0.15, -0.1) is 0 Å². The highest BCUT2D eigenvalue weighted by molar-refractivity contribution is 6.33. The first-order valence-electron chi connectivity index (χ1n) is 8.49. The summed E-state index contributed by atoms with van der Waals surface area (Å²) in [6, 6.07) is 7.91. The number of piperidine rings is 2. The van der Waals surface area contributed by atoms with Crippen molar-refractivity contribution in [3.8, 4) is 0 Å². The Bertz CT molecular complexity index is 536. The normalized spacial score (nSPS) is 21.6. The van der Waals surface area contributed by atoms with Gasteiger partial charge >= 0.3 is 0 Å². The third-order valence-corrected chi connectivity index (χ3v) is 5.51.